The topological polar surface area (TPSA) is 26.3 Å². The van der Waals surface area contributed by atoms with Crippen molar-refractivity contribution in [1.29, 1.82) is 0 Å². The van der Waals surface area contributed by atoms with Gasteiger partial charge in [0.1, 0.15) is 5.75 Å². The molecule has 0 fully saturated rings. The summed E-state index contributed by atoms with van der Waals surface area (Å²) in [4.78, 5) is 9.95. The fourth-order valence-electron chi connectivity index (χ4n) is 0.843. The van der Waals surface area contributed by atoms with Gasteiger partial charge in [-0.1, -0.05) is 6.07 Å². The third kappa shape index (κ3) is 1.80. The molecule has 0 atom stereocenters. The Balaban J connectivity index is 2.95. The maximum absolute atomic E-state index is 9.95. The molecule has 1 aromatic carbocycles. The number of rotatable bonds is 2. The standard InChI is InChI=1S/C9H10O2/c1-7-3-4-9(11-6-10)5-8(7)2/h3-6H,1-2H3. The van der Waals surface area contributed by atoms with Gasteiger partial charge in [-0.3, -0.25) is 4.79 Å². The monoisotopic (exact) mass is 150 g/mol. The lowest BCUT2D eigenvalue weighted by Gasteiger charge is -2.01. The summed E-state index contributed by atoms with van der Waals surface area (Å²) in [5.41, 5.74) is 2.33. The second-order valence-corrected chi connectivity index (χ2v) is 2.46. The van der Waals surface area contributed by atoms with Crippen LogP contribution in [-0.4, -0.2) is 6.47 Å². The van der Waals surface area contributed by atoms with Crippen molar-refractivity contribution < 1.29 is 9.53 Å². The van der Waals surface area contributed by atoms with E-state index in [1.807, 2.05) is 26.0 Å². The van der Waals surface area contributed by atoms with E-state index in [9.17, 15) is 4.79 Å². The summed E-state index contributed by atoms with van der Waals surface area (Å²) >= 11 is 0. The maximum atomic E-state index is 9.95. The van der Waals surface area contributed by atoms with E-state index >= 15 is 0 Å². The number of aryl methyl sites for hydroxylation is 2. The van der Waals surface area contributed by atoms with Gasteiger partial charge in [0.25, 0.3) is 6.47 Å². The van der Waals surface area contributed by atoms with E-state index in [4.69, 9.17) is 0 Å². The van der Waals surface area contributed by atoms with Crippen LogP contribution >= 0.6 is 0 Å². The molecule has 0 aromatic heterocycles. The van der Waals surface area contributed by atoms with E-state index in [0.717, 1.165) is 5.56 Å². The van der Waals surface area contributed by atoms with Gasteiger partial charge in [0.15, 0.2) is 0 Å². The van der Waals surface area contributed by atoms with Crippen LogP contribution < -0.4 is 4.74 Å². The Morgan fingerprint density at radius 2 is 2.00 bits per heavy atom. The van der Waals surface area contributed by atoms with Gasteiger partial charge in [-0.2, -0.15) is 0 Å². The van der Waals surface area contributed by atoms with Gasteiger partial charge >= 0.3 is 0 Å². The van der Waals surface area contributed by atoms with Crippen molar-refractivity contribution in [2.24, 2.45) is 0 Å². The average molecular weight is 150 g/mol. The van der Waals surface area contributed by atoms with Crippen molar-refractivity contribution in [2.45, 2.75) is 13.8 Å². The molecule has 0 amide bonds. The van der Waals surface area contributed by atoms with E-state index in [0.29, 0.717) is 12.2 Å². The van der Waals surface area contributed by atoms with E-state index in [1.165, 1.54) is 5.56 Å². The predicted octanol–water partition coefficient (Wildman–Crippen LogP) is 1.84. The number of hydrogen-bond acceptors (Lipinski definition) is 2. The molecule has 0 aliphatic rings. The average Bonchev–Trinajstić information content (AvgIpc) is 1.98. The molecule has 0 bridgehead atoms. The lowest BCUT2D eigenvalue weighted by molar-refractivity contribution is -0.120. The molecule has 0 saturated carbocycles. The second kappa shape index (κ2) is 3.19. The molecule has 0 radical (unpaired) electrons. The molecule has 2 nitrogen and oxygen atoms in total. The van der Waals surface area contributed by atoms with Crippen LogP contribution in [0.2, 0.25) is 0 Å². The van der Waals surface area contributed by atoms with Gasteiger partial charge in [-0.05, 0) is 37.1 Å². The highest BCUT2D eigenvalue weighted by molar-refractivity contribution is 5.46. The third-order valence-electron chi connectivity index (χ3n) is 1.66. The lowest BCUT2D eigenvalue weighted by atomic mass is 10.1. The number of hydrogen-bond donors (Lipinski definition) is 0. The molecule has 0 aliphatic heterocycles. The Labute approximate surface area is 65.8 Å². The Morgan fingerprint density at radius 1 is 1.27 bits per heavy atom. The summed E-state index contributed by atoms with van der Waals surface area (Å²) in [6, 6.07) is 5.54. The zero-order chi connectivity index (χ0) is 8.27. The molecule has 11 heavy (non-hydrogen) atoms. The first-order valence-electron chi connectivity index (χ1n) is 3.41. The molecule has 1 aromatic rings. The van der Waals surface area contributed by atoms with Crippen LogP contribution in [0.4, 0.5) is 0 Å². The number of carbonyl (C=O) groups excluding carboxylic acids is 1. The van der Waals surface area contributed by atoms with Crippen molar-refractivity contribution >= 4 is 6.47 Å². The summed E-state index contributed by atoms with van der Waals surface area (Å²) in [5.74, 6) is 0.600. The van der Waals surface area contributed by atoms with Gasteiger partial charge in [0, 0.05) is 0 Å². The largest absolute Gasteiger partial charge is 0.429 e. The molecule has 0 aliphatic carbocycles. The summed E-state index contributed by atoms with van der Waals surface area (Å²) < 4.78 is 4.66. The van der Waals surface area contributed by atoms with Crippen molar-refractivity contribution in [3.8, 4) is 5.75 Å². The van der Waals surface area contributed by atoms with E-state index in [2.05, 4.69) is 4.74 Å². The smallest absolute Gasteiger partial charge is 0.298 e. The van der Waals surface area contributed by atoms with Crippen molar-refractivity contribution in [3.63, 3.8) is 0 Å². The van der Waals surface area contributed by atoms with E-state index in [1.54, 1.807) is 6.07 Å². The Morgan fingerprint density at radius 3 is 2.55 bits per heavy atom. The fraction of sp³-hybridized carbons (Fsp3) is 0.222. The number of carbonyl (C=O) groups is 1. The Bertz CT molecular complexity index is 266. The minimum Gasteiger partial charge on any atom is -0.429 e. The van der Waals surface area contributed by atoms with Gasteiger partial charge in [0.2, 0.25) is 0 Å². The zero-order valence-electron chi connectivity index (χ0n) is 6.63. The molecule has 0 heterocycles. The molecular formula is C9H10O2. The second-order valence-electron chi connectivity index (χ2n) is 2.46. The van der Waals surface area contributed by atoms with Gasteiger partial charge in [-0.25, -0.2) is 0 Å². The SMILES string of the molecule is Cc1ccc(OC=O)cc1C. The van der Waals surface area contributed by atoms with Crippen molar-refractivity contribution in [2.75, 3.05) is 0 Å². The quantitative estimate of drug-likeness (QED) is 0.601. The minimum atomic E-state index is 0.435. The molecule has 0 N–H and O–H groups in total. The Kier molecular flexibility index (Phi) is 2.26. The zero-order valence-corrected chi connectivity index (χ0v) is 6.63. The molecule has 0 unspecified atom stereocenters. The third-order valence-corrected chi connectivity index (χ3v) is 1.66. The summed E-state index contributed by atoms with van der Waals surface area (Å²) in [5, 5.41) is 0. The van der Waals surface area contributed by atoms with Crippen LogP contribution in [0.25, 0.3) is 0 Å². The van der Waals surface area contributed by atoms with Gasteiger partial charge in [0.05, 0.1) is 0 Å². The van der Waals surface area contributed by atoms with Crippen molar-refractivity contribution in [3.05, 3.63) is 29.3 Å². The first-order valence-corrected chi connectivity index (χ1v) is 3.41. The molecule has 0 saturated heterocycles. The predicted molar refractivity (Wildman–Crippen MR) is 42.6 cm³/mol. The summed E-state index contributed by atoms with van der Waals surface area (Å²) in [7, 11) is 0. The van der Waals surface area contributed by atoms with Crippen LogP contribution in [-0.2, 0) is 4.79 Å². The maximum Gasteiger partial charge on any atom is 0.298 e. The normalized spacial score (nSPS) is 9.27. The van der Waals surface area contributed by atoms with Crippen LogP contribution in [0.15, 0.2) is 18.2 Å². The molecule has 0 spiro atoms. The van der Waals surface area contributed by atoms with Gasteiger partial charge < -0.3 is 4.74 Å². The molecular weight excluding hydrogens is 140 g/mol. The van der Waals surface area contributed by atoms with Crippen LogP contribution in [0.3, 0.4) is 0 Å². The molecule has 1 rings (SSSR count). The van der Waals surface area contributed by atoms with Crippen LogP contribution in [0, 0.1) is 13.8 Å². The summed E-state index contributed by atoms with van der Waals surface area (Å²) in [6.07, 6.45) is 0. The van der Waals surface area contributed by atoms with Crippen LogP contribution in [0.5, 0.6) is 5.75 Å². The minimum absolute atomic E-state index is 0.435. The highest BCUT2D eigenvalue weighted by Crippen LogP contribution is 2.15. The Hall–Kier alpha value is -1.31. The number of benzene rings is 1. The van der Waals surface area contributed by atoms with Crippen molar-refractivity contribution in [1.82, 2.24) is 0 Å². The first kappa shape index (κ1) is 7.79. The van der Waals surface area contributed by atoms with Crippen LogP contribution in [0.1, 0.15) is 11.1 Å². The highest BCUT2D eigenvalue weighted by Gasteiger charge is 1.94. The first-order chi connectivity index (χ1) is 5.24. The van der Waals surface area contributed by atoms with E-state index < -0.39 is 0 Å². The van der Waals surface area contributed by atoms with E-state index in [-0.39, 0.29) is 0 Å². The summed E-state index contributed by atoms with van der Waals surface area (Å²) in [6.45, 7) is 4.43. The fourth-order valence-corrected chi connectivity index (χ4v) is 0.843. The highest BCUT2D eigenvalue weighted by atomic mass is 16.5. The van der Waals surface area contributed by atoms with Gasteiger partial charge in [-0.15, -0.1) is 0 Å². The molecule has 2 heteroatoms. The number of ether oxygens (including phenoxy) is 1. The lowest BCUT2D eigenvalue weighted by Crippen LogP contribution is -1.89. The molecule has 58 valence electrons.